The van der Waals surface area contributed by atoms with Crippen LogP contribution in [0.2, 0.25) is 0 Å². The molecular weight excluding hydrogens is 373 g/mol. The molecule has 0 saturated heterocycles. The number of esters is 1. The maximum Gasteiger partial charge on any atom is 0.534 e. The molecule has 1 atom stereocenters. The van der Waals surface area contributed by atoms with E-state index in [9.17, 15) is 26.4 Å². The van der Waals surface area contributed by atoms with E-state index in [-0.39, 0.29) is 18.4 Å². The van der Waals surface area contributed by atoms with Gasteiger partial charge in [-0.25, -0.2) is 4.79 Å². The van der Waals surface area contributed by atoms with Crippen LogP contribution < -0.4 is 0 Å². The lowest BCUT2D eigenvalue weighted by atomic mass is 9.71. The van der Waals surface area contributed by atoms with Crippen LogP contribution >= 0.6 is 0 Å². The third-order valence-corrected chi connectivity index (χ3v) is 5.58. The second-order valence-corrected chi connectivity index (χ2v) is 8.05. The highest BCUT2D eigenvalue weighted by Crippen LogP contribution is 2.47. The molecule has 1 unspecified atom stereocenters. The molecule has 0 aromatic carbocycles. The molecular formula is C17H21F3O5S. The van der Waals surface area contributed by atoms with Crippen molar-refractivity contribution in [2.45, 2.75) is 51.0 Å². The number of alkyl halides is 3. The summed E-state index contributed by atoms with van der Waals surface area (Å²) in [7, 11) is -4.67. The molecule has 0 saturated carbocycles. The third kappa shape index (κ3) is 4.13. The number of halogens is 3. The van der Waals surface area contributed by atoms with Gasteiger partial charge in [0, 0.05) is 5.57 Å². The zero-order valence-corrected chi connectivity index (χ0v) is 15.4. The normalized spacial score (nSPS) is 24.3. The van der Waals surface area contributed by atoms with E-state index in [2.05, 4.69) is 4.18 Å². The highest BCUT2D eigenvalue weighted by molar-refractivity contribution is 7.87. The number of hydrogen-bond acceptors (Lipinski definition) is 5. The second-order valence-electron chi connectivity index (χ2n) is 6.51. The largest absolute Gasteiger partial charge is 0.534 e. The molecule has 0 heterocycles. The molecule has 2 aliphatic rings. The summed E-state index contributed by atoms with van der Waals surface area (Å²) in [4.78, 5) is 12.2. The van der Waals surface area contributed by atoms with Crippen LogP contribution in [-0.2, 0) is 23.8 Å². The summed E-state index contributed by atoms with van der Waals surface area (Å²) in [6, 6.07) is 0. The fraction of sp³-hybridized carbons (Fsp3) is 0.588. The molecule has 2 aliphatic carbocycles. The topological polar surface area (TPSA) is 69.7 Å². The van der Waals surface area contributed by atoms with Gasteiger partial charge >= 0.3 is 21.6 Å². The SMILES string of the molecule is COC(=O)C1=CCC=C(OS(=O)(=O)C(F)(F)F)C1(C)CC1=CCCCC1. The molecule has 0 aromatic heterocycles. The molecule has 26 heavy (non-hydrogen) atoms. The first-order chi connectivity index (χ1) is 12.0. The van der Waals surface area contributed by atoms with Crippen molar-refractivity contribution in [3.8, 4) is 0 Å². The number of carbonyl (C=O) groups excluding carboxylic acids is 1. The van der Waals surface area contributed by atoms with Gasteiger partial charge in [-0.2, -0.15) is 21.6 Å². The zero-order valence-electron chi connectivity index (χ0n) is 14.6. The standard InChI is InChI=1S/C17H21F3O5S/c1-16(11-12-7-4-3-5-8-12)13(15(21)24-2)9-6-10-14(16)25-26(22,23)17(18,19)20/h7,9-10H,3-6,8,11H2,1-2H3. The Balaban J connectivity index is 2.43. The first-order valence-corrected chi connectivity index (χ1v) is 9.60. The molecule has 5 nitrogen and oxygen atoms in total. The number of carbonyl (C=O) groups is 1. The van der Waals surface area contributed by atoms with E-state index < -0.39 is 32.8 Å². The highest BCUT2D eigenvalue weighted by Gasteiger charge is 2.52. The summed E-state index contributed by atoms with van der Waals surface area (Å²) < 4.78 is 70.5. The van der Waals surface area contributed by atoms with Crippen molar-refractivity contribution in [3.05, 3.63) is 35.1 Å². The molecule has 146 valence electrons. The molecule has 0 radical (unpaired) electrons. The van der Waals surface area contributed by atoms with Crippen molar-refractivity contribution in [2.75, 3.05) is 7.11 Å². The summed E-state index contributed by atoms with van der Waals surface area (Å²) in [6.07, 6.45) is 8.55. The Morgan fingerprint density at radius 1 is 1.23 bits per heavy atom. The van der Waals surface area contributed by atoms with Gasteiger partial charge in [0.1, 0.15) is 5.76 Å². The lowest BCUT2D eigenvalue weighted by Gasteiger charge is -2.36. The van der Waals surface area contributed by atoms with E-state index in [1.165, 1.54) is 19.1 Å². The summed E-state index contributed by atoms with van der Waals surface area (Å²) in [5.41, 5.74) is -5.85. The maximum atomic E-state index is 12.8. The van der Waals surface area contributed by atoms with Gasteiger partial charge in [0.15, 0.2) is 0 Å². The Morgan fingerprint density at radius 2 is 1.92 bits per heavy atom. The van der Waals surface area contributed by atoms with Crippen LogP contribution in [0.5, 0.6) is 0 Å². The minimum atomic E-state index is -5.83. The summed E-state index contributed by atoms with van der Waals surface area (Å²) in [6.45, 7) is 1.50. The monoisotopic (exact) mass is 394 g/mol. The summed E-state index contributed by atoms with van der Waals surface area (Å²) >= 11 is 0. The number of methoxy groups -OCH3 is 1. The maximum absolute atomic E-state index is 12.8. The lowest BCUT2D eigenvalue weighted by molar-refractivity contribution is -0.137. The molecule has 0 bridgehead atoms. The molecule has 2 rings (SSSR count). The van der Waals surface area contributed by atoms with Crippen LogP contribution in [0, 0.1) is 5.41 Å². The van der Waals surface area contributed by atoms with Crippen molar-refractivity contribution >= 4 is 16.1 Å². The van der Waals surface area contributed by atoms with Gasteiger partial charge in [-0.05, 0) is 51.5 Å². The zero-order chi connectivity index (χ0) is 19.6. The van der Waals surface area contributed by atoms with E-state index in [0.29, 0.717) is 0 Å². The van der Waals surface area contributed by atoms with Crippen LogP contribution in [-0.4, -0.2) is 27.0 Å². The molecule has 9 heteroatoms. The van der Waals surface area contributed by atoms with E-state index >= 15 is 0 Å². The van der Waals surface area contributed by atoms with Gasteiger partial charge in [0.2, 0.25) is 0 Å². The van der Waals surface area contributed by atoms with Gasteiger partial charge in [0.25, 0.3) is 0 Å². The Kier molecular flexibility index (Phi) is 5.89. The third-order valence-electron chi connectivity index (χ3n) is 4.62. The Bertz CT molecular complexity index is 762. The quantitative estimate of drug-likeness (QED) is 0.303. The number of ether oxygens (including phenoxy) is 1. The van der Waals surface area contributed by atoms with Crippen molar-refractivity contribution in [3.63, 3.8) is 0 Å². The first kappa shape index (κ1) is 20.5. The second kappa shape index (κ2) is 7.46. The molecule has 0 aromatic rings. The fourth-order valence-electron chi connectivity index (χ4n) is 3.28. The number of hydrogen-bond donors (Lipinski definition) is 0. The summed E-state index contributed by atoms with van der Waals surface area (Å²) in [5.74, 6) is -1.12. The van der Waals surface area contributed by atoms with Crippen LogP contribution in [0.4, 0.5) is 13.2 Å². The van der Waals surface area contributed by atoms with Crippen molar-refractivity contribution in [2.24, 2.45) is 5.41 Å². The van der Waals surface area contributed by atoms with Crippen molar-refractivity contribution < 1.29 is 35.3 Å². The predicted molar refractivity (Wildman–Crippen MR) is 88.1 cm³/mol. The van der Waals surface area contributed by atoms with Crippen molar-refractivity contribution in [1.82, 2.24) is 0 Å². The molecule has 0 fully saturated rings. The fourth-order valence-corrected chi connectivity index (χ4v) is 3.86. The van der Waals surface area contributed by atoms with Crippen LogP contribution in [0.3, 0.4) is 0 Å². The Morgan fingerprint density at radius 3 is 2.46 bits per heavy atom. The molecule has 0 N–H and O–H groups in total. The van der Waals surface area contributed by atoms with E-state index in [1.807, 2.05) is 6.08 Å². The van der Waals surface area contributed by atoms with Gasteiger partial charge in [-0.1, -0.05) is 17.7 Å². The molecule has 0 amide bonds. The van der Waals surface area contributed by atoms with E-state index in [1.54, 1.807) is 0 Å². The average Bonchev–Trinajstić information content (AvgIpc) is 2.56. The van der Waals surface area contributed by atoms with Crippen molar-refractivity contribution in [1.29, 1.82) is 0 Å². The van der Waals surface area contributed by atoms with E-state index in [4.69, 9.17) is 4.74 Å². The van der Waals surface area contributed by atoms with Gasteiger partial charge in [-0.15, -0.1) is 0 Å². The smallest absolute Gasteiger partial charge is 0.466 e. The molecule has 0 aliphatic heterocycles. The molecule has 0 spiro atoms. The first-order valence-electron chi connectivity index (χ1n) is 8.19. The van der Waals surface area contributed by atoms with Crippen LogP contribution in [0.25, 0.3) is 0 Å². The van der Waals surface area contributed by atoms with Crippen LogP contribution in [0.1, 0.15) is 45.4 Å². The average molecular weight is 394 g/mol. The minimum absolute atomic E-state index is 0.0712. The van der Waals surface area contributed by atoms with E-state index in [0.717, 1.165) is 38.4 Å². The number of rotatable bonds is 5. The number of allylic oxidation sites excluding steroid dienone is 5. The lowest BCUT2D eigenvalue weighted by Crippen LogP contribution is -2.35. The Labute approximate surface area is 150 Å². The summed E-state index contributed by atoms with van der Waals surface area (Å²) in [5, 5.41) is 0. The Hall–Kier alpha value is -1.77. The van der Waals surface area contributed by atoms with Gasteiger partial charge < -0.3 is 8.92 Å². The van der Waals surface area contributed by atoms with Gasteiger partial charge in [0.05, 0.1) is 12.5 Å². The minimum Gasteiger partial charge on any atom is -0.466 e. The van der Waals surface area contributed by atoms with Gasteiger partial charge in [-0.3, -0.25) is 0 Å². The highest BCUT2D eigenvalue weighted by atomic mass is 32.2. The van der Waals surface area contributed by atoms with Crippen LogP contribution in [0.15, 0.2) is 35.1 Å². The predicted octanol–water partition coefficient (Wildman–Crippen LogP) is 4.14.